The van der Waals surface area contributed by atoms with E-state index < -0.39 is 27.3 Å². The van der Waals surface area contributed by atoms with Gasteiger partial charge in [-0.15, -0.1) is 0 Å². The molecule has 1 atom stereocenters. The molecule has 1 aromatic carbocycles. The second-order valence-electron chi connectivity index (χ2n) is 4.57. The summed E-state index contributed by atoms with van der Waals surface area (Å²) in [7, 11) is -3.75. The molecule has 1 unspecified atom stereocenters. The van der Waals surface area contributed by atoms with E-state index in [1.54, 1.807) is 11.8 Å². The second kappa shape index (κ2) is 6.02. The summed E-state index contributed by atoms with van der Waals surface area (Å²) in [5.41, 5.74) is -0.427. The average molecular weight is 317 g/mol. The minimum absolute atomic E-state index is 0.154. The molecule has 0 saturated carbocycles. The number of carbonyl (C=O) groups is 1. The van der Waals surface area contributed by atoms with Crippen LogP contribution in [0.5, 0.6) is 5.75 Å². The predicted octanol–water partition coefficient (Wildman–Crippen LogP) is 1.12. The van der Waals surface area contributed by atoms with Gasteiger partial charge in [-0.05, 0) is 42.0 Å². The Bertz CT molecular complexity index is 608. The van der Waals surface area contributed by atoms with Crippen molar-refractivity contribution < 1.29 is 23.4 Å². The fourth-order valence-electron chi connectivity index (χ4n) is 1.91. The zero-order valence-corrected chi connectivity index (χ0v) is 12.2. The van der Waals surface area contributed by atoms with Gasteiger partial charge in [0.1, 0.15) is 11.3 Å². The van der Waals surface area contributed by atoms with Crippen LogP contribution in [0.15, 0.2) is 23.1 Å². The van der Waals surface area contributed by atoms with Crippen molar-refractivity contribution in [3.63, 3.8) is 0 Å². The van der Waals surface area contributed by atoms with E-state index in [0.717, 1.165) is 30.1 Å². The molecule has 3 N–H and O–H groups in total. The van der Waals surface area contributed by atoms with Gasteiger partial charge in [0.25, 0.3) is 0 Å². The van der Waals surface area contributed by atoms with Crippen LogP contribution in [0.4, 0.5) is 0 Å². The number of carboxylic acid groups (broad SMARTS) is 1. The summed E-state index contributed by atoms with van der Waals surface area (Å²) >= 11 is 1.79. The van der Waals surface area contributed by atoms with Crippen LogP contribution < -0.4 is 4.72 Å². The number of nitrogens with one attached hydrogen (secondary N) is 1. The van der Waals surface area contributed by atoms with Crippen molar-refractivity contribution in [3.8, 4) is 5.75 Å². The van der Waals surface area contributed by atoms with Gasteiger partial charge in [-0.1, -0.05) is 0 Å². The third-order valence-corrected chi connectivity index (χ3v) is 5.75. The van der Waals surface area contributed by atoms with E-state index in [4.69, 9.17) is 5.11 Å². The minimum atomic E-state index is -3.75. The molecule has 0 aromatic heterocycles. The molecular formula is C12H15NO5S2. The quantitative estimate of drug-likeness (QED) is 0.752. The summed E-state index contributed by atoms with van der Waals surface area (Å²) in [5, 5.41) is 18.3. The Balaban J connectivity index is 2.16. The first kappa shape index (κ1) is 15.1. The molecule has 1 heterocycles. The number of hydrogen-bond acceptors (Lipinski definition) is 5. The predicted molar refractivity (Wildman–Crippen MR) is 75.7 cm³/mol. The smallest absolute Gasteiger partial charge is 0.339 e. The normalized spacial score (nSPS) is 19.1. The lowest BCUT2D eigenvalue weighted by Gasteiger charge is -2.11. The fourth-order valence-corrected chi connectivity index (χ4v) is 4.34. The van der Waals surface area contributed by atoms with E-state index in [1.807, 2.05) is 0 Å². The summed E-state index contributed by atoms with van der Waals surface area (Å²) in [4.78, 5) is 10.7. The van der Waals surface area contributed by atoms with Crippen molar-refractivity contribution in [2.24, 2.45) is 5.92 Å². The monoisotopic (exact) mass is 317 g/mol. The molecule has 0 spiro atoms. The number of hydrogen-bond donors (Lipinski definition) is 3. The van der Waals surface area contributed by atoms with Gasteiger partial charge in [-0.2, -0.15) is 11.8 Å². The van der Waals surface area contributed by atoms with Gasteiger partial charge in [-0.3, -0.25) is 0 Å². The van der Waals surface area contributed by atoms with Crippen molar-refractivity contribution in [2.45, 2.75) is 11.3 Å². The standard InChI is InChI=1S/C12H15NO5S2/c14-11-2-1-9(5-10(11)12(15)16)20(17,18)13-6-8-3-4-19-7-8/h1-2,5,8,13-14H,3-4,6-7H2,(H,15,16). The van der Waals surface area contributed by atoms with Crippen LogP contribution in [0.3, 0.4) is 0 Å². The third-order valence-electron chi connectivity index (χ3n) is 3.09. The van der Waals surface area contributed by atoms with Gasteiger partial charge in [0.2, 0.25) is 10.0 Å². The Labute approximate surface area is 121 Å². The van der Waals surface area contributed by atoms with Gasteiger partial charge in [0.05, 0.1) is 4.90 Å². The van der Waals surface area contributed by atoms with Gasteiger partial charge < -0.3 is 10.2 Å². The molecule has 2 rings (SSSR count). The summed E-state index contributed by atoms with van der Waals surface area (Å²) in [5.74, 6) is 0.453. The maximum atomic E-state index is 12.1. The number of aromatic hydroxyl groups is 1. The zero-order valence-electron chi connectivity index (χ0n) is 10.6. The summed E-state index contributed by atoms with van der Waals surface area (Å²) in [6, 6.07) is 3.22. The first-order valence-corrected chi connectivity index (χ1v) is 8.67. The molecule has 1 aliphatic rings. The number of sulfonamides is 1. The number of carboxylic acids is 1. The minimum Gasteiger partial charge on any atom is -0.507 e. The molecule has 1 fully saturated rings. The van der Waals surface area contributed by atoms with Crippen LogP contribution in [-0.4, -0.2) is 42.7 Å². The van der Waals surface area contributed by atoms with Crippen molar-refractivity contribution in [3.05, 3.63) is 23.8 Å². The number of phenols is 1. The third kappa shape index (κ3) is 3.44. The van der Waals surface area contributed by atoms with E-state index in [-0.39, 0.29) is 4.90 Å². The Morgan fingerprint density at radius 2 is 2.20 bits per heavy atom. The van der Waals surface area contributed by atoms with Crippen molar-refractivity contribution in [1.82, 2.24) is 4.72 Å². The van der Waals surface area contributed by atoms with E-state index in [1.165, 1.54) is 6.07 Å². The van der Waals surface area contributed by atoms with E-state index in [2.05, 4.69) is 4.72 Å². The van der Waals surface area contributed by atoms with Crippen molar-refractivity contribution >= 4 is 27.8 Å². The van der Waals surface area contributed by atoms with Crippen LogP contribution in [-0.2, 0) is 10.0 Å². The Morgan fingerprint density at radius 3 is 2.80 bits per heavy atom. The summed E-state index contributed by atoms with van der Waals surface area (Å²) in [6.07, 6.45) is 0.975. The maximum Gasteiger partial charge on any atom is 0.339 e. The second-order valence-corrected chi connectivity index (χ2v) is 7.48. The maximum absolute atomic E-state index is 12.1. The first-order chi connectivity index (χ1) is 9.40. The van der Waals surface area contributed by atoms with E-state index >= 15 is 0 Å². The van der Waals surface area contributed by atoms with Crippen molar-refractivity contribution in [2.75, 3.05) is 18.1 Å². The molecule has 0 amide bonds. The number of rotatable bonds is 5. The summed E-state index contributed by atoms with van der Waals surface area (Å²) in [6.45, 7) is 0.346. The van der Waals surface area contributed by atoms with E-state index in [0.29, 0.717) is 12.5 Å². The average Bonchev–Trinajstić information content (AvgIpc) is 2.89. The lowest BCUT2D eigenvalue weighted by atomic mass is 10.1. The summed E-state index contributed by atoms with van der Waals surface area (Å²) < 4.78 is 26.7. The molecule has 1 saturated heterocycles. The van der Waals surface area contributed by atoms with Crippen molar-refractivity contribution in [1.29, 1.82) is 0 Å². The lowest BCUT2D eigenvalue weighted by molar-refractivity contribution is 0.0693. The molecule has 0 radical (unpaired) electrons. The molecule has 1 aromatic rings. The van der Waals surface area contributed by atoms with Gasteiger partial charge in [0, 0.05) is 6.54 Å². The fraction of sp³-hybridized carbons (Fsp3) is 0.417. The highest BCUT2D eigenvalue weighted by atomic mass is 32.2. The molecule has 20 heavy (non-hydrogen) atoms. The lowest BCUT2D eigenvalue weighted by Crippen LogP contribution is -2.29. The molecule has 110 valence electrons. The topological polar surface area (TPSA) is 104 Å². The highest BCUT2D eigenvalue weighted by Gasteiger charge is 2.22. The zero-order chi connectivity index (χ0) is 14.8. The largest absolute Gasteiger partial charge is 0.507 e. The highest BCUT2D eigenvalue weighted by molar-refractivity contribution is 7.99. The molecule has 8 heteroatoms. The molecular weight excluding hydrogens is 302 g/mol. The Kier molecular flexibility index (Phi) is 4.56. The SMILES string of the molecule is O=C(O)c1cc(S(=O)(=O)NCC2CCSC2)ccc1O. The number of aromatic carboxylic acids is 1. The first-order valence-electron chi connectivity index (χ1n) is 6.04. The van der Waals surface area contributed by atoms with Crippen LogP contribution in [0.1, 0.15) is 16.8 Å². The van der Waals surface area contributed by atoms with Crippen LogP contribution in [0.25, 0.3) is 0 Å². The molecule has 0 bridgehead atoms. The van der Waals surface area contributed by atoms with Gasteiger partial charge in [-0.25, -0.2) is 17.9 Å². The van der Waals surface area contributed by atoms with Crippen LogP contribution in [0.2, 0.25) is 0 Å². The molecule has 1 aliphatic heterocycles. The molecule has 0 aliphatic carbocycles. The van der Waals surface area contributed by atoms with Crippen LogP contribution in [0, 0.1) is 5.92 Å². The number of benzene rings is 1. The van der Waals surface area contributed by atoms with Crippen LogP contribution >= 0.6 is 11.8 Å². The Morgan fingerprint density at radius 1 is 1.45 bits per heavy atom. The van der Waals surface area contributed by atoms with E-state index in [9.17, 15) is 18.3 Å². The number of thioether (sulfide) groups is 1. The Hall–Kier alpha value is -1.25. The molecule has 6 nitrogen and oxygen atoms in total. The van der Waals surface area contributed by atoms with Gasteiger partial charge >= 0.3 is 5.97 Å². The highest BCUT2D eigenvalue weighted by Crippen LogP contribution is 2.24. The van der Waals surface area contributed by atoms with Gasteiger partial charge in [0.15, 0.2) is 0 Å².